The van der Waals surface area contributed by atoms with Gasteiger partial charge in [0.05, 0.1) is 18.7 Å². The number of anilines is 1. The second-order valence-corrected chi connectivity index (χ2v) is 5.73. The highest BCUT2D eigenvalue weighted by molar-refractivity contribution is 5.96. The molecule has 0 aliphatic rings. The second-order valence-electron chi connectivity index (χ2n) is 5.73. The molecule has 27 heavy (non-hydrogen) atoms. The number of amides is 1. The van der Waals surface area contributed by atoms with Crippen molar-refractivity contribution in [2.24, 2.45) is 0 Å². The van der Waals surface area contributed by atoms with E-state index in [-0.39, 0.29) is 12.5 Å². The Balaban J connectivity index is 1.70. The third kappa shape index (κ3) is 4.44. The van der Waals surface area contributed by atoms with E-state index in [1.165, 1.54) is 7.11 Å². The molecule has 0 saturated heterocycles. The van der Waals surface area contributed by atoms with Crippen molar-refractivity contribution in [1.82, 2.24) is 0 Å². The molecular weight excluding hydrogens is 340 g/mol. The molecule has 5 nitrogen and oxygen atoms in total. The highest BCUT2D eigenvalue weighted by Crippen LogP contribution is 2.29. The third-order valence-electron chi connectivity index (χ3n) is 3.94. The molecule has 0 aromatic heterocycles. The summed E-state index contributed by atoms with van der Waals surface area (Å²) in [5.41, 5.74) is 3.12. The van der Waals surface area contributed by atoms with E-state index >= 15 is 0 Å². The zero-order chi connectivity index (χ0) is 19.1. The van der Waals surface area contributed by atoms with Crippen LogP contribution in [-0.2, 0) is 4.79 Å². The number of hydrogen-bond donors (Lipinski definition) is 1. The van der Waals surface area contributed by atoms with Gasteiger partial charge in [-0.15, -0.1) is 0 Å². The minimum absolute atomic E-state index is 0.175. The fraction of sp³-hybridized carbons (Fsp3) is 0.0909. The van der Waals surface area contributed by atoms with E-state index < -0.39 is 0 Å². The standard InChI is InChI=1S/C22H18N2O3/c1-26-21-13-16(14-23)11-12-20(21)27-15-22(25)24-19-10-6-5-9-18(19)17-7-3-2-4-8-17/h2-13H,15H2,1H3,(H,24,25). The van der Waals surface area contributed by atoms with Crippen LogP contribution in [0.3, 0.4) is 0 Å². The quantitative estimate of drug-likeness (QED) is 0.715. The highest BCUT2D eigenvalue weighted by Gasteiger charge is 2.11. The van der Waals surface area contributed by atoms with Crippen LogP contribution in [0.1, 0.15) is 5.56 Å². The van der Waals surface area contributed by atoms with Crippen molar-refractivity contribution in [2.45, 2.75) is 0 Å². The van der Waals surface area contributed by atoms with Crippen LogP contribution >= 0.6 is 0 Å². The van der Waals surface area contributed by atoms with Gasteiger partial charge in [0.15, 0.2) is 18.1 Å². The number of nitriles is 1. The number of benzene rings is 3. The molecule has 0 saturated carbocycles. The fourth-order valence-electron chi connectivity index (χ4n) is 2.65. The van der Waals surface area contributed by atoms with E-state index in [1.54, 1.807) is 18.2 Å². The number of ether oxygens (including phenoxy) is 2. The first-order valence-electron chi connectivity index (χ1n) is 8.36. The molecule has 0 heterocycles. The molecule has 0 fully saturated rings. The number of rotatable bonds is 6. The summed E-state index contributed by atoms with van der Waals surface area (Å²) < 4.78 is 10.8. The van der Waals surface area contributed by atoms with Crippen molar-refractivity contribution in [1.29, 1.82) is 5.26 Å². The Kier molecular flexibility index (Phi) is 5.70. The van der Waals surface area contributed by atoms with Crippen LogP contribution in [0, 0.1) is 11.3 Å². The number of carbonyl (C=O) groups is 1. The summed E-state index contributed by atoms with van der Waals surface area (Å²) >= 11 is 0. The molecule has 134 valence electrons. The van der Waals surface area contributed by atoms with Crippen molar-refractivity contribution in [2.75, 3.05) is 19.0 Å². The molecule has 0 spiro atoms. The topological polar surface area (TPSA) is 71.3 Å². The van der Waals surface area contributed by atoms with Gasteiger partial charge >= 0.3 is 0 Å². The number of carbonyl (C=O) groups excluding carboxylic acids is 1. The fourth-order valence-corrected chi connectivity index (χ4v) is 2.65. The molecule has 3 aromatic carbocycles. The number of nitrogens with one attached hydrogen (secondary N) is 1. The van der Waals surface area contributed by atoms with E-state index in [0.717, 1.165) is 11.1 Å². The average molecular weight is 358 g/mol. The zero-order valence-electron chi connectivity index (χ0n) is 14.8. The average Bonchev–Trinajstić information content (AvgIpc) is 2.73. The normalized spacial score (nSPS) is 9.93. The van der Waals surface area contributed by atoms with Crippen LogP contribution in [0.2, 0.25) is 0 Å². The van der Waals surface area contributed by atoms with Crippen LogP contribution in [0.5, 0.6) is 11.5 Å². The van der Waals surface area contributed by atoms with Gasteiger partial charge in [-0.3, -0.25) is 4.79 Å². The Morgan fingerprint density at radius 1 is 1.00 bits per heavy atom. The van der Waals surface area contributed by atoms with Gasteiger partial charge in [-0.2, -0.15) is 5.26 Å². The van der Waals surface area contributed by atoms with Crippen molar-refractivity contribution in [3.05, 3.63) is 78.4 Å². The molecule has 0 aliphatic carbocycles. The molecular formula is C22H18N2O3. The molecule has 5 heteroatoms. The predicted molar refractivity (Wildman–Crippen MR) is 104 cm³/mol. The largest absolute Gasteiger partial charge is 0.493 e. The van der Waals surface area contributed by atoms with Crippen molar-refractivity contribution in [3.8, 4) is 28.7 Å². The summed E-state index contributed by atoms with van der Waals surface area (Å²) in [7, 11) is 1.49. The summed E-state index contributed by atoms with van der Waals surface area (Å²) in [4.78, 5) is 12.4. The van der Waals surface area contributed by atoms with Gasteiger partial charge in [-0.1, -0.05) is 48.5 Å². The van der Waals surface area contributed by atoms with Gasteiger partial charge in [0.25, 0.3) is 5.91 Å². The van der Waals surface area contributed by atoms with E-state index in [4.69, 9.17) is 14.7 Å². The van der Waals surface area contributed by atoms with Gasteiger partial charge < -0.3 is 14.8 Å². The van der Waals surface area contributed by atoms with E-state index in [2.05, 4.69) is 5.32 Å². The Morgan fingerprint density at radius 3 is 2.48 bits per heavy atom. The number of methoxy groups -OCH3 is 1. The lowest BCUT2D eigenvalue weighted by molar-refractivity contribution is -0.118. The van der Waals surface area contributed by atoms with Crippen molar-refractivity contribution in [3.63, 3.8) is 0 Å². The maximum absolute atomic E-state index is 12.4. The molecule has 3 rings (SSSR count). The van der Waals surface area contributed by atoms with Gasteiger partial charge in [0.1, 0.15) is 0 Å². The number of para-hydroxylation sites is 1. The van der Waals surface area contributed by atoms with Crippen LogP contribution in [0.25, 0.3) is 11.1 Å². The van der Waals surface area contributed by atoms with Gasteiger partial charge in [0, 0.05) is 17.3 Å². The SMILES string of the molecule is COc1cc(C#N)ccc1OCC(=O)Nc1ccccc1-c1ccccc1. The number of nitrogens with zero attached hydrogens (tertiary/aromatic N) is 1. The monoisotopic (exact) mass is 358 g/mol. The lowest BCUT2D eigenvalue weighted by atomic mass is 10.0. The summed E-state index contributed by atoms with van der Waals surface area (Å²) in [6.45, 7) is -0.175. The molecule has 0 radical (unpaired) electrons. The van der Waals surface area contributed by atoms with E-state index in [9.17, 15) is 4.79 Å². The van der Waals surface area contributed by atoms with Crippen molar-refractivity contribution < 1.29 is 14.3 Å². The zero-order valence-corrected chi connectivity index (χ0v) is 14.8. The Bertz CT molecular complexity index is 978. The maximum atomic E-state index is 12.4. The van der Waals surface area contributed by atoms with Crippen LogP contribution in [-0.4, -0.2) is 19.6 Å². The lowest BCUT2D eigenvalue weighted by Gasteiger charge is -2.13. The number of hydrogen-bond acceptors (Lipinski definition) is 4. The summed E-state index contributed by atoms with van der Waals surface area (Å²) in [6.07, 6.45) is 0. The molecule has 0 bridgehead atoms. The Morgan fingerprint density at radius 2 is 1.74 bits per heavy atom. The smallest absolute Gasteiger partial charge is 0.262 e. The molecule has 3 aromatic rings. The van der Waals surface area contributed by atoms with Gasteiger partial charge in [-0.05, 0) is 23.8 Å². The first kappa shape index (κ1) is 18.0. The maximum Gasteiger partial charge on any atom is 0.262 e. The summed E-state index contributed by atoms with van der Waals surface area (Å²) in [5, 5.41) is 11.8. The predicted octanol–water partition coefficient (Wildman–Crippen LogP) is 4.25. The highest BCUT2D eigenvalue weighted by atomic mass is 16.5. The molecule has 0 unspecified atom stereocenters. The van der Waals surface area contributed by atoms with Crippen molar-refractivity contribution >= 4 is 11.6 Å². The second kappa shape index (κ2) is 8.54. The minimum atomic E-state index is -0.287. The molecule has 0 aliphatic heterocycles. The van der Waals surface area contributed by atoms with E-state index in [0.29, 0.717) is 22.7 Å². The molecule has 1 amide bonds. The minimum Gasteiger partial charge on any atom is -0.493 e. The lowest BCUT2D eigenvalue weighted by Crippen LogP contribution is -2.20. The summed E-state index contributed by atoms with van der Waals surface area (Å²) in [5.74, 6) is 0.527. The van der Waals surface area contributed by atoms with E-state index in [1.807, 2.05) is 60.7 Å². The molecule has 0 atom stereocenters. The third-order valence-corrected chi connectivity index (χ3v) is 3.94. The van der Waals surface area contributed by atoms with Crippen LogP contribution in [0.15, 0.2) is 72.8 Å². The first-order valence-corrected chi connectivity index (χ1v) is 8.36. The molecule has 1 N–H and O–H groups in total. The van der Waals surface area contributed by atoms with Gasteiger partial charge in [0.2, 0.25) is 0 Å². The Labute approximate surface area is 157 Å². The van der Waals surface area contributed by atoms with Crippen LogP contribution in [0.4, 0.5) is 5.69 Å². The Hall–Kier alpha value is -3.78. The first-order chi connectivity index (χ1) is 13.2. The van der Waals surface area contributed by atoms with Crippen LogP contribution < -0.4 is 14.8 Å². The summed E-state index contributed by atoms with van der Waals surface area (Å²) in [6, 6.07) is 24.3. The van der Waals surface area contributed by atoms with Gasteiger partial charge in [-0.25, -0.2) is 0 Å².